The molecule has 0 aromatic heterocycles. The summed E-state index contributed by atoms with van der Waals surface area (Å²) in [5.41, 5.74) is 2.37. The summed E-state index contributed by atoms with van der Waals surface area (Å²) in [5.74, 6) is 0.746. The molecule has 0 N–H and O–H groups in total. The highest BCUT2D eigenvalue weighted by Crippen LogP contribution is 2.31. The maximum atomic E-state index is 13.9. The SMILES string of the molecule is CCN1CCCCCCN(C(=O)c2cccc(N(C)C)c2)[C@@H]2CCCC[C@@H]2Oc2ccccc2C1=O. The highest BCUT2D eigenvalue weighted by molar-refractivity contribution is 5.97. The van der Waals surface area contributed by atoms with Crippen molar-refractivity contribution in [2.75, 3.05) is 38.6 Å². The van der Waals surface area contributed by atoms with E-state index in [1.165, 1.54) is 0 Å². The highest BCUT2D eigenvalue weighted by Gasteiger charge is 2.35. The summed E-state index contributed by atoms with van der Waals surface area (Å²) in [6, 6.07) is 15.5. The molecule has 2 aromatic rings. The molecule has 1 fully saturated rings. The van der Waals surface area contributed by atoms with Gasteiger partial charge in [-0.3, -0.25) is 9.59 Å². The highest BCUT2D eigenvalue weighted by atomic mass is 16.5. The van der Waals surface area contributed by atoms with Gasteiger partial charge in [0.05, 0.1) is 11.6 Å². The van der Waals surface area contributed by atoms with Crippen molar-refractivity contribution in [3.05, 3.63) is 59.7 Å². The van der Waals surface area contributed by atoms with E-state index < -0.39 is 0 Å². The van der Waals surface area contributed by atoms with Gasteiger partial charge in [-0.15, -0.1) is 0 Å². The van der Waals surface area contributed by atoms with Crippen molar-refractivity contribution in [1.82, 2.24) is 9.80 Å². The number of ether oxygens (including phenoxy) is 1. The summed E-state index contributed by atoms with van der Waals surface area (Å²) in [6.07, 6.45) is 7.83. The number of carbonyl (C=O) groups is 2. The summed E-state index contributed by atoms with van der Waals surface area (Å²) in [7, 11) is 3.99. The first-order chi connectivity index (χ1) is 17.5. The Balaban J connectivity index is 1.68. The number of hydrogen-bond acceptors (Lipinski definition) is 4. The van der Waals surface area contributed by atoms with Gasteiger partial charge in [0.15, 0.2) is 0 Å². The molecule has 2 aliphatic rings. The molecule has 1 aliphatic carbocycles. The van der Waals surface area contributed by atoms with Crippen molar-refractivity contribution in [3.63, 3.8) is 0 Å². The van der Waals surface area contributed by atoms with E-state index in [1.54, 1.807) is 0 Å². The summed E-state index contributed by atoms with van der Waals surface area (Å²) >= 11 is 0. The largest absolute Gasteiger partial charge is 0.487 e. The zero-order chi connectivity index (χ0) is 25.5. The number of anilines is 1. The molecular weight excluding hydrogens is 450 g/mol. The summed E-state index contributed by atoms with van der Waals surface area (Å²) in [5, 5.41) is 0. The van der Waals surface area contributed by atoms with Crippen LogP contribution in [-0.4, -0.2) is 67.5 Å². The lowest BCUT2D eigenvalue weighted by Crippen LogP contribution is -2.51. The van der Waals surface area contributed by atoms with E-state index in [0.29, 0.717) is 17.9 Å². The maximum absolute atomic E-state index is 13.9. The Morgan fingerprint density at radius 3 is 2.47 bits per heavy atom. The third-order valence-corrected chi connectivity index (χ3v) is 7.58. The van der Waals surface area contributed by atoms with Crippen LogP contribution in [0.3, 0.4) is 0 Å². The topological polar surface area (TPSA) is 53.1 Å². The molecule has 2 atom stereocenters. The molecular formula is C30H41N3O3. The van der Waals surface area contributed by atoms with Crippen LogP contribution in [0.2, 0.25) is 0 Å². The fourth-order valence-electron chi connectivity index (χ4n) is 5.49. The Morgan fingerprint density at radius 2 is 1.69 bits per heavy atom. The van der Waals surface area contributed by atoms with Gasteiger partial charge < -0.3 is 19.4 Å². The van der Waals surface area contributed by atoms with E-state index in [4.69, 9.17) is 4.74 Å². The zero-order valence-electron chi connectivity index (χ0n) is 22.1. The van der Waals surface area contributed by atoms with Crippen LogP contribution in [0.4, 0.5) is 5.69 Å². The number of benzene rings is 2. The normalized spacial score (nSPS) is 21.6. The maximum Gasteiger partial charge on any atom is 0.257 e. The molecule has 1 aliphatic heterocycles. The first-order valence-corrected chi connectivity index (χ1v) is 13.6. The average molecular weight is 492 g/mol. The molecule has 1 saturated carbocycles. The second-order valence-electron chi connectivity index (χ2n) is 10.2. The fraction of sp³-hybridized carbons (Fsp3) is 0.533. The Kier molecular flexibility index (Phi) is 8.89. The van der Waals surface area contributed by atoms with Crippen molar-refractivity contribution in [3.8, 4) is 5.75 Å². The average Bonchev–Trinajstić information content (AvgIpc) is 2.90. The van der Waals surface area contributed by atoms with E-state index in [1.807, 2.05) is 79.3 Å². The Hall–Kier alpha value is -3.02. The van der Waals surface area contributed by atoms with E-state index in [9.17, 15) is 9.59 Å². The number of hydrogen-bond donors (Lipinski definition) is 0. The van der Waals surface area contributed by atoms with Crippen LogP contribution >= 0.6 is 0 Å². The lowest BCUT2D eigenvalue weighted by atomic mass is 9.90. The number of fused-ring (bicyclic) bond motifs is 2. The predicted molar refractivity (Wildman–Crippen MR) is 145 cm³/mol. The number of rotatable bonds is 3. The van der Waals surface area contributed by atoms with Gasteiger partial charge in [-0.1, -0.05) is 37.5 Å². The fourth-order valence-corrected chi connectivity index (χ4v) is 5.49. The second kappa shape index (κ2) is 12.3. The van der Waals surface area contributed by atoms with E-state index >= 15 is 0 Å². The first kappa shape index (κ1) is 26.1. The third-order valence-electron chi connectivity index (χ3n) is 7.58. The Morgan fingerprint density at radius 1 is 0.944 bits per heavy atom. The standard InChI is InChI=1S/C30H41N3O3/c1-4-32-20-11-5-6-12-21-33(29(34)23-14-13-15-24(22-23)31(2)3)26-17-8-10-19-28(26)36-27-18-9-7-16-25(27)30(32)35/h7,9,13-16,18,22,26,28H,4-6,8,10-12,17,19-21H2,1-3H3/t26-,28+/m1/s1. The molecule has 2 aromatic carbocycles. The third kappa shape index (κ3) is 6.03. The van der Waals surface area contributed by atoms with Crippen LogP contribution in [0.25, 0.3) is 0 Å². The van der Waals surface area contributed by atoms with Crippen molar-refractivity contribution >= 4 is 17.5 Å². The van der Waals surface area contributed by atoms with Crippen molar-refractivity contribution in [2.24, 2.45) is 0 Å². The van der Waals surface area contributed by atoms with Gasteiger partial charge in [-0.25, -0.2) is 0 Å². The number of para-hydroxylation sites is 1. The van der Waals surface area contributed by atoms with Crippen LogP contribution in [0, 0.1) is 0 Å². The minimum absolute atomic E-state index is 0.0114. The molecule has 0 spiro atoms. The molecule has 36 heavy (non-hydrogen) atoms. The number of nitrogens with zero attached hydrogens (tertiary/aromatic N) is 3. The van der Waals surface area contributed by atoms with E-state index in [2.05, 4.69) is 4.90 Å². The minimum Gasteiger partial charge on any atom is -0.487 e. The quantitative estimate of drug-likeness (QED) is 0.559. The summed E-state index contributed by atoms with van der Waals surface area (Å²) < 4.78 is 6.64. The van der Waals surface area contributed by atoms with E-state index in [-0.39, 0.29) is 24.0 Å². The first-order valence-electron chi connectivity index (χ1n) is 13.6. The van der Waals surface area contributed by atoms with Crippen molar-refractivity contribution in [1.29, 1.82) is 0 Å². The second-order valence-corrected chi connectivity index (χ2v) is 10.2. The van der Waals surface area contributed by atoms with Crippen LogP contribution in [0.5, 0.6) is 5.75 Å². The monoisotopic (exact) mass is 491 g/mol. The van der Waals surface area contributed by atoms with Gasteiger partial charge in [0.25, 0.3) is 11.8 Å². The van der Waals surface area contributed by atoms with Gasteiger partial charge in [0.2, 0.25) is 0 Å². The zero-order valence-corrected chi connectivity index (χ0v) is 22.1. The number of carbonyl (C=O) groups excluding carboxylic acids is 2. The van der Waals surface area contributed by atoms with Gasteiger partial charge >= 0.3 is 0 Å². The molecule has 6 nitrogen and oxygen atoms in total. The van der Waals surface area contributed by atoms with E-state index in [0.717, 1.165) is 75.7 Å². The molecule has 0 unspecified atom stereocenters. The van der Waals surface area contributed by atoms with Crippen molar-refractivity contribution < 1.29 is 14.3 Å². The lowest BCUT2D eigenvalue weighted by molar-refractivity contribution is 0.0267. The van der Waals surface area contributed by atoms with Crippen LogP contribution in [-0.2, 0) is 0 Å². The predicted octanol–water partition coefficient (Wildman–Crippen LogP) is 5.62. The van der Waals surface area contributed by atoms with Gasteiger partial charge in [-0.05, 0) is 69.4 Å². The lowest BCUT2D eigenvalue weighted by Gasteiger charge is -2.40. The minimum atomic E-state index is -0.133. The smallest absolute Gasteiger partial charge is 0.257 e. The summed E-state index contributed by atoms with van der Waals surface area (Å²) in [4.78, 5) is 33.4. The molecule has 4 rings (SSSR count). The summed E-state index contributed by atoms with van der Waals surface area (Å²) in [6.45, 7) is 4.20. The Labute approximate surface area is 216 Å². The molecule has 2 amide bonds. The van der Waals surface area contributed by atoms with Crippen molar-refractivity contribution in [2.45, 2.75) is 70.4 Å². The molecule has 0 saturated heterocycles. The molecule has 6 heteroatoms. The van der Waals surface area contributed by atoms with Crippen LogP contribution in [0.15, 0.2) is 48.5 Å². The Bertz CT molecular complexity index is 1040. The molecule has 0 radical (unpaired) electrons. The van der Waals surface area contributed by atoms with Gasteiger partial charge in [-0.2, -0.15) is 0 Å². The molecule has 1 heterocycles. The van der Waals surface area contributed by atoms with Crippen LogP contribution < -0.4 is 9.64 Å². The molecule has 194 valence electrons. The van der Waals surface area contributed by atoms with Gasteiger partial charge in [0.1, 0.15) is 11.9 Å². The molecule has 0 bridgehead atoms. The number of amides is 2. The van der Waals surface area contributed by atoms with Crippen LogP contribution in [0.1, 0.15) is 79.0 Å². The van der Waals surface area contributed by atoms with Gasteiger partial charge in [0, 0.05) is 45.0 Å².